The van der Waals surface area contributed by atoms with E-state index in [9.17, 15) is 29.8 Å². The second kappa shape index (κ2) is 11.6. The zero-order valence-electron chi connectivity index (χ0n) is 22.3. The van der Waals surface area contributed by atoms with Crippen molar-refractivity contribution in [1.82, 2.24) is 4.57 Å². The van der Waals surface area contributed by atoms with Gasteiger partial charge in [0.25, 0.3) is 11.2 Å². The number of esters is 1. The van der Waals surface area contributed by atoms with Crippen LogP contribution in [0.25, 0.3) is 6.08 Å². The van der Waals surface area contributed by atoms with E-state index in [1.807, 2.05) is 30.3 Å². The van der Waals surface area contributed by atoms with Crippen molar-refractivity contribution in [3.8, 4) is 11.5 Å². The van der Waals surface area contributed by atoms with Gasteiger partial charge in [0.05, 0.1) is 44.4 Å². The van der Waals surface area contributed by atoms with Crippen LogP contribution in [0.4, 0.5) is 11.4 Å². The summed E-state index contributed by atoms with van der Waals surface area (Å²) in [5, 5.41) is 22.4. The lowest BCUT2D eigenvalue weighted by atomic mass is 9.96. The van der Waals surface area contributed by atoms with Crippen molar-refractivity contribution < 1.29 is 24.1 Å². The van der Waals surface area contributed by atoms with Crippen LogP contribution in [-0.2, 0) is 9.53 Å². The van der Waals surface area contributed by atoms with Gasteiger partial charge < -0.3 is 9.47 Å². The number of hydrogen-bond acceptors (Lipinski definition) is 10. The maximum atomic E-state index is 13.7. The van der Waals surface area contributed by atoms with Crippen LogP contribution in [0.2, 0.25) is 0 Å². The number of non-ortho nitro benzene ring substituents is 1. The Hall–Kier alpha value is -5.43. The molecule has 0 aliphatic carbocycles. The first-order chi connectivity index (χ1) is 20.2. The molecule has 13 heteroatoms. The molecule has 12 nitrogen and oxygen atoms in total. The summed E-state index contributed by atoms with van der Waals surface area (Å²) in [6.07, 6.45) is 1.67. The van der Waals surface area contributed by atoms with Crippen molar-refractivity contribution in [2.24, 2.45) is 4.99 Å². The molecule has 3 aromatic carbocycles. The first-order valence-electron chi connectivity index (χ1n) is 12.6. The molecular weight excluding hydrogens is 564 g/mol. The topological polar surface area (TPSA) is 156 Å². The molecule has 4 aromatic rings. The highest BCUT2D eigenvalue weighted by atomic mass is 32.1. The predicted molar refractivity (Wildman–Crippen MR) is 153 cm³/mol. The number of hydrogen-bond donors (Lipinski definition) is 0. The van der Waals surface area contributed by atoms with E-state index in [2.05, 4.69) is 4.99 Å². The van der Waals surface area contributed by atoms with Gasteiger partial charge >= 0.3 is 11.7 Å². The average Bonchev–Trinajstić information content (AvgIpc) is 3.27. The summed E-state index contributed by atoms with van der Waals surface area (Å²) >= 11 is 1.18. The monoisotopic (exact) mass is 586 g/mol. The number of allylic oxidation sites excluding steroid dienone is 1. The number of rotatable bonds is 8. The summed E-state index contributed by atoms with van der Waals surface area (Å²) in [6, 6.07) is 18.0. The van der Waals surface area contributed by atoms with E-state index in [1.165, 1.54) is 22.0 Å². The standard InChI is InChI=1S/C29H22N4O8S/c1-3-40-28(35)25-17(2)30-29-31(26(25)19-7-5-4-6-8-19)27(34)24(42-29)15-18-9-12-21(13-10-18)41-23-14-11-20(32(36)37)16-22(23)33(38)39/h4-16,26H,3H2,1-2H3/b24-15+. The van der Waals surface area contributed by atoms with Gasteiger partial charge in [-0.05, 0) is 49.2 Å². The lowest BCUT2D eigenvalue weighted by Crippen LogP contribution is -2.39. The number of fused-ring (bicyclic) bond motifs is 1. The third-order valence-corrected chi connectivity index (χ3v) is 7.37. The van der Waals surface area contributed by atoms with Gasteiger partial charge in [0, 0.05) is 6.07 Å². The number of aromatic nitrogens is 1. The molecule has 0 amide bonds. The minimum Gasteiger partial charge on any atom is -0.463 e. The van der Waals surface area contributed by atoms with E-state index in [0.717, 1.165) is 17.7 Å². The summed E-state index contributed by atoms with van der Waals surface area (Å²) in [5.41, 5.74) is 0.849. The minimum atomic E-state index is -0.756. The van der Waals surface area contributed by atoms with Crippen molar-refractivity contribution in [3.05, 3.63) is 135 Å². The molecule has 1 aromatic heterocycles. The smallest absolute Gasteiger partial charge is 0.338 e. The van der Waals surface area contributed by atoms with Gasteiger partial charge in [0.2, 0.25) is 5.75 Å². The number of nitrogens with zero attached hydrogens (tertiary/aromatic N) is 4. The molecule has 0 radical (unpaired) electrons. The normalized spacial score (nSPS) is 14.6. The third kappa shape index (κ3) is 5.45. The fourth-order valence-electron chi connectivity index (χ4n) is 4.50. The van der Waals surface area contributed by atoms with Crippen LogP contribution in [0, 0.1) is 20.2 Å². The summed E-state index contributed by atoms with van der Waals surface area (Å²) in [4.78, 5) is 52.5. The number of ether oxygens (including phenoxy) is 2. The van der Waals surface area contributed by atoms with Crippen molar-refractivity contribution in [2.45, 2.75) is 19.9 Å². The molecule has 0 bridgehead atoms. The Morgan fingerprint density at radius 3 is 2.40 bits per heavy atom. The number of thiazole rings is 1. The van der Waals surface area contributed by atoms with E-state index >= 15 is 0 Å². The summed E-state index contributed by atoms with van der Waals surface area (Å²) in [6.45, 7) is 3.61. The zero-order chi connectivity index (χ0) is 30.0. The molecular formula is C29H22N4O8S. The number of nitro benzene ring substituents is 2. The molecule has 42 heavy (non-hydrogen) atoms. The van der Waals surface area contributed by atoms with E-state index in [4.69, 9.17) is 9.47 Å². The summed E-state index contributed by atoms with van der Waals surface area (Å²) in [5.74, 6) is -0.435. The van der Waals surface area contributed by atoms with Crippen LogP contribution in [0.15, 0.2) is 93.9 Å². The quantitative estimate of drug-likeness (QED) is 0.167. The van der Waals surface area contributed by atoms with E-state index < -0.39 is 33.2 Å². The Balaban J connectivity index is 1.50. The molecule has 0 fully saturated rings. The second-order valence-electron chi connectivity index (χ2n) is 9.05. The number of nitro groups is 2. The highest BCUT2D eigenvalue weighted by molar-refractivity contribution is 7.07. The first kappa shape index (κ1) is 28.1. The van der Waals surface area contributed by atoms with Crippen molar-refractivity contribution >= 4 is 34.8 Å². The lowest BCUT2D eigenvalue weighted by molar-refractivity contribution is -0.394. The fraction of sp³-hybridized carbons (Fsp3) is 0.138. The molecule has 0 saturated carbocycles. The van der Waals surface area contributed by atoms with Gasteiger partial charge in [-0.25, -0.2) is 9.79 Å². The first-order valence-corrected chi connectivity index (χ1v) is 13.4. The highest BCUT2D eigenvalue weighted by Gasteiger charge is 2.33. The molecule has 1 aliphatic heterocycles. The third-order valence-electron chi connectivity index (χ3n) is 6.39. The van der Waals surface area contributed by atoms with E-state index in [1.54, 1.807) is 44.2 Å². The Morgan fingerprint density at radius 1 is 1.05 bits per heavy atom. The number of carbonyl (C=O) groups excluding carboxylic acids is 1. The average molecular weight is 587 g/mol. The van der Waals surface area contributed by atoms with Gasteiger partial charge in [-0.1, -0.05) is 53.8 Å². The SMILES string of the molecule is CCOC(=O)C1=C(C)N=c2s/c(=C/c3ccc(Oc4ccc([N+](=O)[O-])cc4[N+](=O)[O-])cc3)c(=O)n2C1c1ccccc1. The van der Waals surface area contributed by atoms with Crippen LogP contribution in [-0.4, -0.2) is 27.0 Å². The van der Waals surface area contributed by atoms with E-state index in [-0.39, 0.29) is 23.7 Å². The minimum absolute atomic E-state index is 0.152. The fourth-order valence-corrected chi connectivity index (χ4v) is 5.55. The lowest BCUT2D eigenvalue weighted by Gasteiger charge is -2.24. The van der Waals surface area contributed by atoms with Crippen LogP contribution < -0.4 is 19.6 Å². The summed E-state index contributed by atoms with van der Waals surface area (Å²) < 4.78 is 12.8. The maximum absolute atomic E-state index is 13.7. The molecule has 1 unspecified atom stereocenters. The van der Waals surface area contributed by atoms with Crippen molar-refractivity contribution in [1.29, 1.82) is 0 Å². The molecule has 1 aliphatic rings. The van der Waals surface area contributed by atoms with Crippen LogP contribution in [0.5, 0.6) is 11.5 Å². The van der Waals surface area contributed by atoms with Crippen LogP contribution in [0.3, 0.4) is 0 Å². The van der Waals surface area contributed by atoms with Crippen LogP contribution >= 0.6 is 11.3 Å². The molecule has 0 N–H and O–H groups in total. The summed E-state index contributed by atoms with van der Waals surface area (Å²) in [7, 11) is 0. The van der Waals surface area contributed by atoms with E-state index in [0.29, 0.717) is 26.2 Å². The highest BCUT2D eigenvalue weighted by Crippen LogP contribution is 2.34. The second-order valence-corrected chi connectivity index (χ2v) is 10.1. The van der Waals surface area contributed by atoms with Gasteiger partial charge in [-0.2, -0.15) is 0 Å². The Morgan fingerprint density at radius 2 is 1.76 bits per heavy atom. The number of carbonyl (C=O) groups is 1. The van der Waals surface area contributed by atoms with Gasteiger partial charge in [0.1, 0.15) is 5.75 Å². The largest absolute Gasteiger partial charge is 0.463 e. The van der Waals surface area contributed by atoms with Crippen molar-refractivity contribution in [3.63, 3.8) is 0 Å². The maximum Gasteiger partial charge on any atom is 0.338 e. The van der Waals surface area contributed by atoms with Crippen molar-refractivity contribution in [2.75, 3.05) is 6.61 Å². The van der Waals surface area contributed by atoms with Gasteiger partial charge in [0.15, 0.2) is 4.80 Å². The molecule has 2 heterocycles. The van der Waals surface area contributed by atoms with Gasteiger partial charge in [-0.15, -0.1) is 0 Å². The Labute approximate surface area is 241 Å². The van der Waals surface area contributed by atoms with Crippen LogP contribution in [0.1, 0.15) is 31.0 Å². The molecule has 1 atom stereocenters. The molecule has 5 rings (SSSR count). The molecule has 212 valence electrons. The molecule has 0 saturated heterocycles. The Bertz CT molecular complexity index is 1930. The predicted octanol–water partition coefficient (Wildman–Crippen LogP) is 4.41. The molecule has 0 spiro atoms. The Kier molecular flexibility index (Phi) is 7.76. The van der Waals surface area contributed by atoms with Gasteiger partial charge in [-0.3, -0.25) is 29.6 Å². The number of benzene rings is 3. The zero-order valence-corrected chi connectivity index (χ0v) is 23.1.